The Morgan fingerprint density at radius 1 is 0.909 bits per heavy atom. The summed E-state index contributed by atoms with van der Waals surface area (Å²) >= 11 is 0. The Morgan fingerprint density at radius 2 is 1.53 bits per heavy atom. The van der Waals surface area contributed by atoms with Crippen LogP contribution in [0.2, 0.25) is 0 Å². The van der Waals surface area contributed by atoms with Gasteiger partial charge in [0.25, 0.3) is 5.91 Å². The number of amides is 5. The number of hydrogen-bond acceptors (Lipinski definition) is 7. The number of carbonyl (C=O) groups excluding carboxylic acids is 5. The number of urea groups is 1. The Morgan fingerprint density at radius 3 is 2.07 bits per heavy atom. The van der Waals surface area contributed by atoms with Crippen LogP contribution in [0.1, 0.15) is 151 Å². The minimum atomic E-state index is -3.59. The predicted molar refractivity (Wildman–Crippen MR) is 212 cm³/mol. The predicted octanol–water partition coefficient (Wildman–Crippen LogP) is 4.94. The van der Waals surface area contributed by atoms with Crippen molar-refractivity contribution in [2.24, 2.45) is 22.7 Å². The minimum absolute atomic E-state index is 0.00758. The highest BCUT2D eigenvalue weighted by Gasteiger charge is 2.65. The van der Waals surface area contributed by atoms with Crippen molar-refractivity contribution >= 4 is 39.4 Å². The summed E-state index contributed by atoms with van der Waals surface area (Å²) in [6.45, 7) is 11.8. The van der Waals surface area contributed by atoms with Gasteiger partial charge < -0.3 is 26.2 Å². The number of Topliss-reactive ketones (excluding diaryl/α,β-unsaturated/α-hetero) is 1. The average molecular weight is 786 g/mol. The summed E-state index contributed by atoms with van der Waals surface area (Å²) in [5, 5.41) is 11.6. The summed E-state index contributed by atoms with van der Waals surface area (Å²) < 4.78 is 26.5. The van der Waals surface area contributed by atoms with Gasteiger partial charge in [0.05, 0.1) is 28.6 Å². The summed E-state index contributed by atoms with van der Waals surface area (Å²) in [5.41, 5.74) is -3.10. The average Bonchev–Trinajstić information content (AvgIpc) is 3.63. The van der Waals surface area contributed by atoms with E-state index in [9.17, 15) is 27.6 Å². The van der Waals surface area contributed by atoms with Crippen LogP contribution in [0.4, 0.5) is 4.79 Å². The Kier molecular flexibility index (Phi) is 12.8. The van der Waals surface area contributed by atoms with Gasteiger partial charge in [0.2, 0.25) is 17.6 Å². The molecule has 4 aliphatic carbocycles. The van der Waals surface area contributed by atoms with Crippen molar-refractivity contribution in [3.63, 3.8) is 0 Å². The number of terminal acetylenes is 1. The van der Waals surface area contributed by atoms with Gasteiger partial charge in [0, 0.05) is 6.54 Å². The summed E-state index contributed by atoms with van der Waals surface area (Å²) in [4.78, 5) is 72.2. The minimum Gasteiger partial charge on any atom is -0.344 e. The standard InChI is InChI=1S/C42H67N5O7S/c1-8-23-43-34(49)32(48)31(24-29-17-16-18-29)44-36(51)42-25-30(38(3,4)27-42)26-47(42)35(50)33(40(7)19-12-10-13-20-40)45-37(52)46-41(21-14-11-15-22-41)28-55(53,54)39(5,6)9-2/h1,29-31,33H,9-28H2,2-7H3,(H,43,49)(H,44,51)(H2,45,46,52)/t30?,31?,33-,42?/m1/s1. The maximum atomic E-state index is 15.2. The van der Waals surface area contributed by atoms with E-state index in [-0.39, 0.29) is 35.5 Å². The highest BCUT2D eigenvalue weighted by atomic mass is 32.2. The number of likely N-dealkylation sites (tertiary alicyclic amines) is 1. The first-order valence-corrected chi connectivity index (χ1v) is 22.6. The first-order chi connectivity index (χ1) is 25.7. The molecule has 0 aromatic heterocycles. The molecule has 0 aromatic rings. The van der Waals surface area contributed by atoms with Crippen molar-refractivity contribution in [2.45, 2.75) is 179 Å². The van der Waals surface area contributed by atoms with E-state index in [0.29, 0.717) is 57.9 Å². The summed E-state index contributed by atoms with van der Waals surface area (Å²) in [7, 11) is -3.59. The Hall–Kier alpha value is -3.14. The van der Waals surface area contributed by atoms with E-state index in [0.717, 1.165) is 57.8 Å². The highest BCUT2D eigenvalue weighted by Crippen LogP contribution is 2.57. The fraction of sp³-hybridized carbons (Fsp3) is 0.833. The number of piperidine rings is 1. The van der Waals surface area contributed by atoms with Crippen molar-refractivity contribution < 1.29 is 32.4 Å². The van der Waals surface area contributed by atoms with Gasteiger partial charge in [-0.15, -0.1) is 6.42 Å². The molecular weight excluding hydrogens is 719 g/mol. The molecule has 13 heteroatoms. The third-order valence-corrected chi connectivity index (χ3v) is 17.5. The molecule has 0 aromatic carbocycles. The fourth-order valence-electron chi connectivity index (χ4n) is 10.2. The molecule has 12 nitrogen and oxygen atoms in total. The topological polar surface area (TPSA) is 171 Å². The molecule has 5 rings (SSSR count). The second-order valence-electron chi connectivity index (χ2n) is 19.3. The lowest BCUT2D eigenvalue weighted by Gasteiger charge is -2.48. The van der Waals surface area contributed by atoms with E-state index < -0.39 is 66.8 Å². The molecule has 308 valence electrons. The first-order valence-electron chi connectivity index (χ1n) is 20.9. The van der Waals surface area contributed by atoms with Crippen LogP contribution >= 0.6 is 0 Å². The molecule has 3 unspecified atom stereocenters. The van der Waals surface area contributed by atoms with Crippen molar-refractivity contribution in [2.75, 3.05) is 18.8 Å². The van der Waals surface area contributed by atoms with Crippen molar-refractivity contribution in [3.05, 3.63) is 0 Å². The number of ketones is 1. The van der Waals surface area contributed by atoms with Gasteiger partial charge in [0.15, 0.2) is 9.84 Å². The number of hydrogen-bond donors (Lipinski definition) is 4. The first kappa shape index (κ1) is 43.0. The zero-order valence-corrected chi connectivity index (χ0v) is 35.1. The quantitative estimate of drug-likeness (QED) is 0.135. The smallest absolute Gasteiger partial charge is 0.315 e. The molecule has 55 heavy (non-hydrogen) atoms. The van der Waals surface area contributed by atoms with Crippen molar-refractivity contribution in [1.29, 1.82) is 0 Å². The van der Waals surface area contributed by atoms with E-state index in [4.69, 9.17) is 6.42 Å². The molecule has 5 aliphatic rings. The van der Waals surface area contributed by atoms with Crippen LogP contribution in [0, 0.1) is 35.0 Å². The SMILES string of the molecule is C#CCNC(=O)C(=O)C(CC1CCC1)NC(=O)C12CC(CN1C(=O)[C@@H](NC(=O)NC1(CS(=O)(=O)C(C)(C)CC)CCCCC1)C1(C)CCCCC1)C(C)(C)C2. The van der Waals surface area contributed by atoms with E-state index in [1.54, 1.807) is 18.7 Å². The maximum Gasteiger partial charge on any atom is 0.315 e. The van der Waals surface area contributed by atoms with Gasteiger partial charge in [-0.25, -0.2) is 13.2 Å². The Balaban J connectivity index is 1.44. The van der Waals surface area contributed by atoms with E-state index in [2.05, 4.69) is 41.0 Å². The van der Waals surface area contributed by atoms with Crippen molar-refractivity contribution in [1.82, 2.24) is 26.2 Å². The van der Waals surface area contributed by atoms with Crippen LogP contribution in [-0.2, 0) is 29.0 Å². The van der Waals surface area contributed by atoms with Crippen LogP contribution in [-0.4, -0.2) is 89.6 Å². The monoisotopic (exact) mass is 785 g/mol. The van der Waals surface area contributed by atoms with Crippen LogP contribution in [0.5, 0.6) is 0 Å². The fourth-order valence-corrected chi connectivity index (χ4v) is 12.1. The van der Waals surface area contributed by atoms with E-state index in [1.165, 1.54) is 0 Å². The lowest BCUT2D eigenvalue weighted by Crippen LogP contribution is -2.68. The van der Waals surface area contributed by atoms with Gasteiger partial charge in [-0.1, -0.05) is 91.4 Å². The lowest BCUT2D eigenvalue weighted by molar-refractivity contribution is -0.153. The van der Waals surface area contributed by atoms with Crippen LogP contribution in [0.25, 0.3) is 0 Å². The number of fused-ring (bicyclic) bond motifs is 2. The summed E-state index contributed by atoms with van der Waals surface area (Å²) in [6.07, 6.45) is 17.6. The molecular formula is C42H67N5O7S. The van der Waals surface area contributed by atoms with Crippen LogP contribution in [0.15, 0.2) is 0 Å². The van der Waals surface area contributed by atoms with Crippen LogP contribution in [0.3, 0.4) is 0 Å². The third kappa shape index (κ3) is 8.89. The molecule has 5 amide bonds. The molecule has 0 radical (unpaired) electrons. The van der Waals surface area contributed by atoms with E-state index >= 15 is 4.79 Å². The summed E-state index contributed by atoms with van der Waals surface area (Å²) in [6, 6.07) is -2.59. The normalized spacial score (nSPS) is 26.8. The molecule has 4 N–H and O–H groups in total. The van der Waals surface area contributed by atoms with Crippen LogP contribution < -0.4 is 21.3 Å². The largest absolute Gasteiger partial charge is 0.344 e. The number of sulfone groups is 1. The molecule has 1 aliphatic heterocycles. The zero-order chi connectivity index (χ0) is 40.5. The highest BCUT2D eigenvalue weighted by molar-refractivity contribution is 7.92. The van der Waals surface area contributed by atoms with Gasteiger partial charge in [0.1, 0.15) is 11.6 Å². The second-order valence-corrected chi connectivity index (χ2v) is 21.9. The zero-order valence-electron chi connectivity index (χ0n) is 34.2. The molecule has 4 atom stereocenters. The molecule has 2 bridgehead atoms. The number of nitrogens with zero attached hydrogens (tertiary/aromatic N) is 1. The van der Waals surface area contributed by atoms with Crippen molar-refractivity contribution in [3.8, 4) is 12.3 Å². The second kappa shape index (κ2) is 16.4. The number of rotatable bonds is 15. The Bertz CT molecular complexity index is 1630. The van der Waals surface area contributed by atoms with Gasteiger partial charge in [-0.2, -0.15) is 0 Å². The van der Waals surface area contributed by atoms with Gasteiger partial charge in [-0.3, -0.25) is 19.2 Å². The van der Waals surface area contributed by atoms with Gasteiger partial charge in [-0.05, 0) is 87.9 Å². The van der Waals surface area contributed by atoms with E-state index in [1.807, 2.05) is 13.8 Å². The maximum absolute atomic E-state index is 15.2. The van der Waals surface area contributed by atoms with Gasteiger partial charge >= 0.3 is 6.03 Å². The molecule has 0 spiro atoms. The number of nitrogens with one attached hydrogen (secondary N) is 4. The molecule has 1 saturated heterocycles. The molecule has 4 saturated carbocycles. The molecule has 1 heterocycles. The summed E-state index contributed by atoms with van der Waals surface area (Å²) in [5.74, 6) is -0.0172. The third-order valence-electron chi connectivity index (χ3n) is 14.6. The molecule has 5 fully saturated rings. The number of carbonyl (C=O) groups is 5. The lowest BCUT2D eigenvalue weighted by atomic mass is 9.69. The Labute approximate surface area is 329 Å².